The second-order valence-corrected chi connectivity index (χ2v) is 7.68. The molecule has 0 fully saturated rings. The number of aliphatic hydroxyl groups is 1. The molecule has 0 aliphatic heterocycles. The van der Waals surface area contributed by atoms with Crippen molar-refractivity contribution in [2.75, 3.05) is 0 Å². The number of hydrogen-bond donors (Lipinski definition) is 3. The number of nitrogens with zero attached hydrogens (tertiary/aromatic N) is 2. The molecule has 0 saturated carbocycles. The van der Waals surface area contributed by atoms with Crippen molar-refractivity contribution in [2.45, 2.75) is 26.4 Å². The van der Waals surface area contributed by atoms with Crippen molar-refractivity contribution in [1.29, 1.82) is 0 Å². The number of nitrogens with one attached hydrogen (secondary N) is 2. The number of aliphatic hydroxyl groups excluding tert-OH is 1. The fourth-order valence-electron chi connectivity index (χ4n) is 4.12. The highest BCUT2D eigenvalue weighted by Gasteiger charge is 2.19. The first-order valence-electron chi connectivity index (χ1n) is 9.80. The van der Waals surface area contributed by atoms with E-state index in [0.717, 1.165) is 44.5 Å². The summed E-state index contributed by atoms with van der Waals surface area (Å²) in [7, 11) is 0. The smallest absolute Gasteiger partial charge is 0.155 e. The highest BCUT2D eigenvalue weighted by atomic mass is 16.3. The van der Waals surface area contributed by atoms with Gasteiger partial charge in [-0.2, -0.15) is 5.10 Å². The van der Waals surface area contributed by atoms with E-state index in [0.29, 0.717) is 5.92 Å². The van der Waals surface area contributed by atoms with Crippen molar-refractivity contribution in [3.05, 3.63) is 72.1 Å². The van der Waals surface area contributed by atoms with Gasteiger partial charge in [-0.05, 0) is 52.4 Å². The molecule has 0 spiro atoms. The molecule has 0 aliphatic carbocycles. The average Bonchev–Trinajstić information content (AvgIpc) is 3.37. The van der Waals surface area contributed by atoms with Gasteiger partial charge in [-0.15, -0.1) is 0 Å². The van der Waals surface area contributed by atoms with Crippen LogP contribution in [0.4, 0.5) is 0 Å². The number of aromatic amines is 2. The van der Waals surface area contributed by atoms with Crippen LogP contribution in [-0.2, 0) is 6.61 Å². The first-order chi connectivity index (χ1) is 14.2. The van der Waals surface area contributed by atoms with Gasteiger partial charge < -0.3 is 10.1 Å². The molecule has 3 N–H and O–H groups in total. The van der Waals surface area contributed by atoms with Crippen molar-refractivity contribution >= 4 is 21.9 Å². The van der Waals surface area contributed by atoms with Gasteiger partial charge in [-0.25, -0.2) is 4.98 Å². The zero-order chi connectivity index (χ0) is 20.0. The predicted octanol–water partition coefficient (Wildman–Crippen LogP) is 5.39. The Bertz CT molecular complexity index is 1330. The van der Waals surface area contributed by atoms with Crippen molar-refractivity contribution in [3.8, 4) is 22.4 Å². The third-order valence-electron chi connectivity index (χ3n) is 5.48. The van der Waals surface area contributed by atoms with Crippen LogP contribution < -0.4 is 0 Å². The molecular formula is C24H22N4O. The second kappa shape index (κ2) is 6.87. The predicted molar refractivity (Wildman–Crippen MR) is 117 cm³/mol. The van der Waals surface area contributed by atoms with Crippen LogP contribution in [0.3, 0.4) is 0 Å². The standard InChI is InChI=1S/C24H22N4O/c1-14(2)22-19-11-17(16-5-3-4-15(10-16)13-29)6-7-21(19)27-23(22)18-8-9-25-24-20(18)12-26-28-24/h3-12,14,27,29H,13H2,1-2H3,(H,25,26,28). The molecular weight excluding hydrogens is 360 g/mol. The Morgan fingerprint density at radius 1 is 1.00 bits per heavy atom. The van der Waals surface area contributed by atoms with Crippen molar-refractivity contribution < 1.29 is 5.11 Å². The van der Waals surface area contributed by atoms with E-state index in [-0.39, 0.29) is 6.61 Å². The molecule has 5 nitrogen and oxygen atoms in total. The molecule has 3 heterocycles. The van der Waals surface area contributed by atoms with Gasteiger partial charge in [0.1, 0.15) is 0 Å². The third kappa shape index (κ3) is 2.91. The molecule has 5 aromatic rings. The van der Waals surface area contributed by atoms with Gasteiger partial charge in [-0.1, -0.05) is 38.1 Å². The van der Waals surface area contributed by atoms with Gasteiger partial charge in [0.15, 0.2) is 5.65 Å². The number of aromatic nitrogens is 4. The molecule has 0 atom stereocenters. The normalized spacial score (nSPS) is 11.7. The summed E-state index contributed by atoms with van der Waals surface area (Å²) in [6.45, 7) is 4.49. The van der Waals surface area contributed by atoms with Crippen molar-refractivity contribution in [3.63, 3.8) is 0 Å². The number of pyridine rings is 1. The Morgan fingerprint density at radius 2 is 1.86 bits per heavy atom. The molecule has 5 rings (SSSR count). The molecule has 0 radical (unpaired) electrons. The molecule has 2 aromatic carbocycles. The maximum Gasteiger partial charge on any atom is 0.155 e. The van der Waals surface area contributed by atoms with E-state index in [4.69, 9.17) is 0 Å². The van der Waals surface area contributed by atoms with Crippen LogP contribution in [0.15, 0.2) is 60.9 Å². The Hall–Kier alpha value is -3.44. The quantitative estimate of drug-likeness (QED) is 0.390. The summed E-state index contributed by atoms with van der Waals surface area (Å²) in [6.07, 6.45) is 3.65. The molecule has 144 valence electrons. The van der Waals surface area contributed by atoms with Crippen molar-refractivity contribution in [2.24, 2.45) is 0 Å². The number of hydrogen-bond acceptors (Lipinski definition) is 3. The first-order valence-corrected chi connectivity index (χ1v) is 9.80. The first kappa shape index (κ1) is 17.6. The molecule has 0 saturated heterocycles. The van der Waals surface area contributed by atoms with Gasteiger partial charge in [-0.3, -0.25) is 5.10 Å². The minimum atomic E-state index is 0.0460. The highest BCUT2D eigenvalue weighted by Crippen LogP contribution is 2.39. The number of fused-ring (bicyclic) bond motifs is 2. The monoisotopic (exact) mass is 382 g/mol. The Morgan fingerprint density at radius 3 is 2.69 bits per heavy atom. The number of H-pyrrole nitrogens is 2. The lowest BCUT2D eigenvalue weighted by Crippen LogP contribution is -1.91. The summed E-state index contributed by atoms with van der Waals surface area (Å²) in [6, 6.07) is 16.6. The zero-order valence-corrected chi connectivity index (χ0v) is 16.4. The second-order valence-electron chi connectivity index (χ2n) is 7.68. The summed E-state index contributed by atoms with van der Waals surface area (Å²) < 4.78 is 0. The topological polar surface area (TPSA) is 77.6 Å². The van der Waals surface area contributed by atoms with E-state index in [1.54, 1.807) is 0 Å². The van der Waals surface area contributed by atoms with E-state index >= 15 is 0 Å². The molecule has 0 aliphatic rings. The summed E-state index contributed by atoms with van der Waals surface area (Å²) >= 11 is 0. The van der Waals surface area contributed by atoms with Crippen LogP contribution in [0.1, 0.15) is 30.9 Å². The van der Waals surface area contributed by atoms with E-state index in [2.05, 4.69) is 58.3 Å². The lowest BCUT2D eigenvalue weighted by molar-refractivity contribution is 0.282. The Kier molecular flexibility index (Phi) is 4.18. The molecule has 3 aromatic heterocycles. The van der Waals surface area contributed by atoms with Crippen LogP contribution >= 0.6 is 0 Å². The lowest BCUT2D eigenvalue weighted by atomic mass is 9.93. The van der Waals surface area contributed by atoms with Gasteiger partial charge in [0.25, 0.3) is 0 Å². The van der Waals surface area contributed by atoms with Gasteiger partial charge in [0.2, 0.25) is 0 Å². The summed E-state index contributed by atoms with van der Waals surface area (Å²) in [5, 5.41) is 18.8. The van der Waals surface area contributed by atoms with Gasteiger partial charge in [0, 0.05) is 28.0 Å². The van der Waals surface area contributed by atoms with Crippen LogP contribution in [-0.4, -0.2) is 25.3 Å². The lowest BCUT2D eigenvalue weighted by Gasteiger charge is -2.10. The Labute approximate surface area is 168 Å². The summed E-state index contributed by atoms with van der Waals surface area (Å²) in [5.74, 6) is 0.341. The summed E-state index contributed by atoms with van der Waals surface area (Å²) in [5.41, 5.74) is 8.57. The van der Waals surface area contributed by atoms with Gasteiger partial charge >= 0.3 is 0 Å². The van der Waals surface area contributed by atoms with Crippen LogP contribution in [0.2, 0.25) is 0 Å². The van der Waals surface area contributed by atoms with E-state index < -0.39 is 0 Å². The fraction of sp³-hybridized carbons (Fsp3) is 0.167. The molecule has 0 unspecified atom stereocenters. The van der Waals surface area contributed by atoms with Gasteiger partial charge in [0.05, 0.1) is 18.5 Å². The Balaban J connectivity index is 1.74. The fourth-order valence-corrected chi connectivity index (χ4v) is 4.12. The maximum atomic E-state index is 9.48. The van der Waals surface area contributed by atoms with Crippen LogP contribution in [0.5, 0.6) is 0 Å². The van der Waals surface area contributed by atoms with Crippen LogP contribution in [0, 0.1) is 0 Å². The molecule has 0 amide bonds. The molecule has 5 heteroatoms. The molecule has 29 heavy (non-hydrogen) atoms. The maximum absolute atomic E-state index is 9.48. The number of benzene rings is 2. The highest BCUT2D eigenvalue weighted by molar-refractivity contribution is 5.99. The minimum absolute atomic E-state index is 0.0460. The average molecular weight is 382 g/mol. The SMILES string of the molecule is CC(C)c1c(-c2ccnc3[nH]ncc23)[nH]c2ccc(-c3cccc(CO)c3)cc12. The van der Waals surface area contributed by atoms with E-state index in [9.17, 15) is 5.11 Å². The van der Waals surface area contributed by atoms with Crippen molar-refractivity contribution in [1.82, 2.24) is 20.2 Å². The summed E-state index contributed by atoms with van der Waals surface area (Å²) in [4.78, 5) is 8.01. The minimum Gasteiger partial charge on any atom is -0.392 e. The number of rotatable bonds is 4. The third-order valence-corrected chi connectivity index (χ3v) is 5.48. The van der Waals surface area contributed by atoms with Crippen LogP contribution in [0.25, 0.3) is 44.3 Å². The van der Waals surface area contributed by atoms with E-state index in [1.807, 2.05) is 36.7 Å². The molecule has 0 bridgehead atoms. The zero-order valence-electron chi connectivity index (χ0n) is 16.4. The largest absolute Gasteiger partial charge is 0.392 e. The van der Waals surface area contributed by atoms with E-state index in [1.165, 1.54) is 10.9 Å².